The lowest BCUT2D eigenvalue weighted by molar-refractivity contribution is -0.143. The van der Waals surface area contributed by atoms with Crippen LogP contribution in [0.5, 0.6) is 0 Å². The van der Waals surface area contributed by atoms with Crippen molar-refractivity contribution in [1.29, 1.82) is 0 Å². The first kappa shape index (κ1) is 28.0. The molecule has 16 heteroatoms. The highest BCUT2D eigenvalue weighted by molar-refractivity contribution is 8.45. The van der Waals surface area contributed by atoms with Gasteiger partial charge in [0.25, 0.3) is 5.91 Å². The highest BCUT2D eigenvalue weighted by atomic mass is 32.5. The van der Waals surface area contributed by atoms with Crippen molar-refractivity contribution in [2.24, 2.45) is 0 Å². The first-order chi connectivity index (χ1) is 14.9. The van der Waals surface area contributed by atoms with Crippen LogP contribution in [0, 0.1) is 0 Å². The number of nitrogens with one attached hydrogen (secondary N) is 1. The van der Waals surface area contributed by atoms with Crippen LogP contribution < -0.4 is 5.32 Å². The van der Waals surface area contributed by atoms with E-state index in [9.17, 15) is 55.7 Å². The Bertz CT molecular complexity index is 1050. The molecule has 1 amide bonds. The van der Waals surface area contributed by atoms with Crippen molar-refractivity contribution < 1.29 is 55.7 Å². The number of carbonyl (C=O) groups excluding carboxylic acids is 1. The van der Waals surface area contributed by atoms with Gasteiger partial charge in [0.2, 0.25) is 0 Å². The first-order valence-corrected chi connectivity index (χ1v) is 11.6. The van der Waals surface area contributed by atoms with Crippen molar-refractivity contribution >= 4 is 33.6 Å². The Hall–Kier alpha value is -2.20. The van der Waals surface area contributed by atoms with Gasteiger partial charge in [-0.1, -0.05) is 19.4 Å². The highest BCUT2D eigenvalue weighted by Gasteiger charge is 2.65. The Morgan fingerprint density at radius 1 is 0.882 bits per heavy atom. The minimum absolute atomic E-state index is 0.00192. The molecule has 1 unspecified atom stereocenters. The van der Waals surface area contributed by atoms with Gasteiger partial charge in [-0.2, -0.15) is 26.3 Å². The third kappa shape index (κ3) is 7.40. The van der Waals surface area contributed by atoms with Crippen molar-refractivity contribution in [3.63, 3.8) is 0 Å². The molecule has 0 aliphatic heterocycles. The van der Waals surface area contributed by atoms with Crippen molar-refractivity contribution in [3.8, 4) is 0 Å². The van der Waals surface area contributed by atoms with Crippen LogP contribution in [0.4, 0.5) is 51.5 Å². The van der Waals surface area contributed by atoms with Gasteiger partial charge in [0.1, 0.15) is 10.5 Å². The molecule has 2 aromatic carbocycles. The molecule has 0 aliphatic rings. The number of halogens is 11. The lowest BCUT2D eigenvalue weighted by Gasteiger charge is -2.40. The van der Waals surface area contributed by atoms with Crippen LogP contribution in [0.3, 0.4) is 0 Å². The predicted molar refractivity (Wildman–Crippen MR) is 104 cm³/mol. The lowest BCUT2D eigenvalue weighted by Crippen LogP contribution is -2.42. The topological polar surface area (TPSA) is 49.3 Å². The normalized spacial score (nSPS) is 16.9. The van der Waals surface area contributed by atoms with Gasteiger partial charge in [-0.25, -0.2) is 0 Å². The van der Waals surface area contributed by atoms with Crippen LogP contribution >= 0.6 is 22.0 Å². The van der Waals surface area contributed by atoms with E-state index in [-0.39, 0.29) is 30.0 Å². The zero-order valence-electron chi connectivity index (χ0n) is 16.6. The number of hydrogen-bond donors (Lipinski definition) is 2. The van der Waals surface area contributed by atoms with E-state index < -0.39 is 66.4 Å². The summed E-state index contributed by atoms with van der Waals surface area (Å²) in [5.41, 5.74) is -6.09. The van der Waals surface area contributed by atoms with E-state index in [0.717, 1.165) is 6.92 Å². The number of amides is 1. The third-order valence-corrected chi connectivity index (χ3v) is 6.57. The molecule has 192 valence electrons. The molecule has 0 saturated heterocycles. The largest absolute Gasteiger partial charge is 0.416 e. The van der Waals surface area contributed by atoms with Crippen molar-refractivity contribution in [3.05, 3.63) is 53.6 Å². The Kier molecular flexibility index (Phi) is 6.52. The number of rotatable bonds is 6. The molecule has 2 aromatic rings. The number of alkyl halides is 6. The molecule has 0 saturated carbocycles. The Balaban J connectivity index is 2.18. The molecule has 0 aliphatic carbocycles. The smallest absolute Gasteiger partial charge is 0.379 e. The molecule has 0 heterocycles. The molecule has 2 rings (SSSR count). The average molecular weight is 549 g/mol. The second-order valence-corrected chi connectivity index (χ2v) is 10.7. The molecule has 34 heavy (non-hydrogen) atoms. The Morgan fingerprint density at radius 3 is 1.71 bits per heavy atom. The summed E-state index contributed by atoms with van der Waals surface area (Å²) >= 11 is 0.277. The van der Waals surface area contributed by atoms with E-state index in [1.54, 1.807) is 0 Å². The maximum Gasteiger partial charge on any atom is 0.416 e. The fourth-order valence-corrected chi connectivity index (χ4v) is 4.01. The van der Waals surface area contributed by atoms with Gasteiger partial charge in [0, 0.05) is 16.3 Å². The second kappa shape index (κ2) is 7.91. The molecular weight excluding hydrogens is 535 g/mol. The Morgan fingerprint density at radius 2 is 1.32 bits per heavy atom. The minimum atomic E-state index is -9.96. The summed E-state index contributed by atoms with van der Waals surface area (Å²) in [7, 11) is -9.96. The van der Waals surface area contributed by atoms with Gasteiger partial charge < -0.3 is 10.4 Å². The van der Waals surface area contributed by atoms with E-state index >= 15 is 0 Å². The summed E-state index contributed by atoms with van der Waals surface area (Å²) < 4.78 is 141. The summed E-state index contributed by atoms with van der Waals surface area (Å²) in [6.45, 7) is 0.844. The number of thioether (sulfide) groups is 1. The first-order valence-electron chi connectivity index (χ1n) is 8.69. The van der Waals surface area contributed by atoms with Crippen LogP contribution in [0.1, 0.15) is 18.1 Å². The van der Waals surface area contributed by atoms with Crippen LogP contribution in [0.2, 0.25) is 0 Å². The van der Waals surface area contributed by atoms with Crippen LogP contribution in [-0.2, 0) is 17.1 Å². The second-order valence-electron chi connectivity index (χ2n) is 7.25. The van der Waals surface area contributed by atoms with Crippen molar-refractivity contribution in [2.45, 2.75) is 34.7 Å². The minimum Gasteiger partial charge on any atom is -0.379 e. The quantitative estimate of drug-likeness (QED) is 0.285. The molecular formula is C18H14F11NO2S2. The van der Waals surface area contributed by atoms with Crippen LogP contribution in [-0.4, -0.2) is 22.4 Å². The zero-order valence-corrected chi connectivity index (χ0v) is 18.2. The van der Waals surface area contributed by atoms with E-state index in [0.29, 0.717) is 24.3 Å². The number of hydrogen-bond acceptors (Lipinski definition) is 3. The van der Waals surface area contributed by atoms with E-state index in [2.05, 4.69) is 0 Å². The van der Waals surface area contributed by atoms with Gasteiger partial charge >= 0.3 is 22.6 Å². The maximum absolute atomic E-state index is 12.9. The molecule has 0 bridgehead atoms. The fourth-order valence-electron chi connectivity index (χ4n) is 2.36. The summed E-state index contributed by atoms with van der Waals surface area (Å²) in [6, 6.07) is 1.63. The summed E-state index contributed by atoms with van der Waals surface area (Å²) in [4.78, 5) is 9.41. The van der Waals surface area contributed by atoms with Crippen LogP contribution in [0.15, 0.2) is 52.3 Å². The van der Waals surface area contributed by atoms with Gasteiger partial charge in [-0.05, 0) is 49.4 Å². The molecule has 0 fully saturated rings. The number of carbonyl (C=O) groups is 1. The van der Waals surface area contributed by atoms with Crippen molar-refractivity contribution in [1.82, 2.24) is 0 Å². The summed E-state index contributed by atoms with van der Waals surface area (Å²) in [6.07, 6.45) is -10.2. The molecule has 1 atom stereocenters. The van der Waals surface area contributed by atoms with Gasteiger partial charge in [-0.3, -0.25) is 4.79 Å². The highest BCUT2D eigenvalue weighted by Crippen LogP contribution is 3.02. The maximum atomic E-state index is 12.9. The number of anilines is 1. The van der Waals surface area contributed by atoms with Crippen LogP contribution in [0.25, 0.3) is 0 Å². The van der Waals surface area contributed by atoms with E-state index in [4.69, 9.17) is 0 Å². The monoisotopic (exact) mass is 549 g/mol. The summed E-state index contributed by atoms with van der Waals surface area (Å²) in [5, 5.41) is 12.2. The SMILES string of the molecule is CC(O)(CSc1cc(C(F)(F)F)cc(C(F)(F)F)c1)C(=O)Nc1ccc(S(F)(F)(F)(F)F)cc1. The molecule has 3 nitrogen and oxygen atoms in total. The zero-order chi connectivity index (χ0) is 26.4. The molecule has 0 aromatic heterocycles. The molecule has 0 spiro atoms. The Labute approximate surface area is 189 Å². The van der Waals surface area contributed by atoms with Gasteiger partial charge in [-0.15, -0.1) is 11.8 Å². The van der Waals surface area contributed by atoms with E-state index in [1.807, 2.05) is 5.32 Å². The fraction of sp³-hybridized carbons (Fsp3) is 0.278. The number of aliphatic hydroxyl groups is 1. The van der Waals surface area contributed by atoms with Gasteiger partial charge in [0.15, 0.2) is 0 Å². The average Bonchev–Trinajstić information content (AvgIpc) is 2.63. The van der Waals surface area contributed by atoms with E-state index in [1.165, 1.54) is 0 Å². The standard InChI is InChI=1S/C18H14F11NO2S2/c1-16(32,15(31)30-12-2-4-14(5-3-12)34(25,26,27,28)29)9-33-13-7-10(17(19,20)21)6-11(8-13)18(22,23)24/h2-8,32H,9H2,1H3,(H,30,31). The molecule has 2 N–H and O–H groups in total. The lowest BCUT2D eigenvalue weighted by atomic mass is 10.1. The predicted octanol–water partition coefficient (Wildman–Crippen LogP) is 7.86. The molecule has 0 radical (unpaired) electrons. The summed E-state index contributed by atoms with van der Waals surface area (Å²) in [5.74, 6) is -2.07. The number of benzene rings is 2. The van der Waals surface area contributed by atoms with Gasteiger partial charge in [0.05, 0.1) is 11.1 Å². The third-order valence-electron chi connectivity index (χ3n) is 4.13. The van der Waals surface area contributed by atoms with Crippen molar-refractivity contribution in [2.75, 3.05) is 11.1 Å².